The van der Waals surface area contributed by atoms with Gasteiger partial charge in [-0.25, -0.2) is 4.98 Å². The summed E-state index contributed by atoms with van der Waals surface area (Å²) in [5.41, 5.74) is 3.80. The summed E-state index contributed by atoms with van der Waals surface area (Å²) in [6.45, 7) is 5.62. The van der Waals surface area contributed by atoms with Gasteiger partial charge in [0.15, 0.2) is 5.13 Å². The van der Waals surface area contributed by atoms with E-state index < -0.39 is 0 Å². The summed E-state index contributed by atoms with van der Waals surface area (Å²) in [5.74, 6) is -0.126. The van der Waals surface area contributed by atoms with Crippen LogP contribution in [-0.4, -0.2) is 43.0 Å². The molecule has 0 N–H and O–H groups in total. The molecule has 1 heterocycles. The Kier molecular flexibility index (Phi) is 6.76. The smallest absolute Gasteiger partial charge is 0.261 e. The van der Waals surface area contributed by atoms with Crippen LogP contribution in [0.5, 0.6) is 0 Å². The third-order valence-electron chi connectivity index (χ3n) is 4.70. The molecule has 3 rings (SSSR count). The number of fused-ring (bicyclic) bond motifs is 1. The molecule has 1 amide bonds. The minimum atomic E-state index is -0.126. The fourth-order valence-corrected chi connectivity index (χ4v) is 4.57. The summed E-state index contributed by atoms with van der Waals surface area (Å²) in [5, 5.41) is 1.16. The minimum absolute atomic E-state index is 0.126. The van der Waals surface area contributed by atoms with Crippen LogP contribution in [0, 0.1) is 13.8 Å². The molecular weight excluding hydrogens is 458 g/mol. The first-order chi connectivity index (χ1) is 13.3. The van der Waals surface area contributed by atoms with Crippen LogP contribution in [0.4, 0.5) is 5.13 Å². The molecular formula is C21H23BrClN3OS. The zero-order valence-corrected chi connectivity index (χ0v) is 19.6. The van der Waals surface area contributed by atoms with Crippen LogP contribution in [0.15, 0.2) is 34.8 Å². The van der Waals surface area contributed by atoms with E-state index in [2.05, 4.69) is 46.8 Å². The maximum Gasteiger partial charge on any atom is 0.261 e. The Morgan fingerprint density at radius 3 is 2.64 bits per heavy atom. The van der Waals surface area contributed by atoms with E-state index >= 15 is 0 Å². The molecule has 28 heavy (non-hydrogen) atoms. The zero-order valence-electron chi connectivity index (χ0n) is 16.4. The fraction of sp³-hybridized carbons (Fsp3) is 0.333. The number of carbonyl (C=O) groups excluding carboxylic acids is 1. The van der Waals surface area contributed by atoms with E-state index in [4.69, 9.17) is 16.6 Å². The molecule has 4 nitrogen and oxygen atoms in total. The molecule has 0 radical (unpaired) electrons. The number of benzene rings is 2. The number of nitrogens with zero attached hydrogens (tertiary/aromatic N) is 3. The fourth-order valence-electron chi connectivity index (χ4n) is 2.97. The molecule has 0 fully saturated rings. The predicted octanol–water partition coefficient (Wildman–Crippen LogP) is 5.93. The Bertz CT molecular complexity index is 1020. The van der Waals surface area contributed by atoms with Crippen LogP contribution in [0.25, 0.3) is 10.2 Å². The Morgan fingerprint density at radius 1 is 1.18 bits per heavy atom. The Labute approximate surface area is 183 Å². The van der Waals surface area contributed by atoms with Gasteiger partial charge < -0.3 is 4.90 Å². The Morgan fingerprint density at radius 2 is 1.93 bits per heavy atom. The van der Waals surface area contributed by atoms with E-state index in [1.54, 1.807) is 28.4 Å². The second kappa shape index (κ2) is 8.91. The number of thiazole rings is 1. The average molecular weight is 481 g/mol. The Hall–Kier alpha value is -1.47. The highest BCUT2D eigenvalue weighted by molar-refractivity contribution is 9.10. The molecule has 0 aliphatic carbocycles. The van der Waals surface area contributed by atoms with E-state index in [9.17, 15) is 4.79 Å². The normalized spacial score (nSPS) is 11.4. The molecule has 0 bridgehead atoms. The van der Waals surface area contributed by atoms with Crippen molar-refractivity contribution in [2.45, 2.75) is 20.3 Å². The van der Waals surface area contributed by atoms with E-state index in [0.29, 0.717) is 22.3 Å². The van der Waals surface area contributed by atoms with Gasteiger partial charge in [0.1, 0.15) is 0 Å². The maximum absolute atomic E-state index is 13.4. The summed E-state index contributed by atoms with van der Waals surface area (Å²) < 4.78 is 1.91. The number of amides is 1. The molecule has 0 aliphatic heterocycles. The summed E-state index contributed by atoms with van der Waals surface area (Å²) >= 11 is 11.3. The molecule has 3 aromatic rings. The van der Waals surface area contributed by atoms with Crippen LogP contribution in [-0.2, 0) is 0 Å². The lowest BCUT2D eigenvalue weighted by Gasteiger charge is -2.21. The molecule has 2 aromatic carbocycles. The van der Waals surface area contributed by atoms with Crippen LogP contribution in [0.1, 0.15) is 27.9 Å². The molecule has 1 aromatic heterocycles. The van der Waals surface area contributed by atoms with Gasteiger partial charge in [-0.05, 0) is 76.3 Å². The Balaban J connectivity index is 2.02. The number of aromatic nitrogens is 1. The summed E-state index contributed by atoms with van der Waals surface area (Å²) in [6.07, 6.45) is 0.846. The topological polar surface area (TPSA) is 36.4 Å². The van der Waals surface area contributed by atoms with Crippen molar-refractivity contribution in [3.63, 3.8) is 0 Å². The zero-order chi connectivity index (χ0) is 20.4. The van der Waals surface area contributed by atoms with Crippen molar-refractivity contribution in [2.75, 3.05) is 32.1 Å². The predicted molar refractivity (Wildman–Crippen MR) is 123 cm³/mol. The first-order valence-corrected chi connectivity index (χ1v) is 11.0. The van der Waals surface area contributed by atoms with Gasteiger partial charge in [0.25, 0.3) is 5.91 Å². The molecule has 148 valence electrons. The third kappa shape index (κ3) is 4.57. The number of carbonyl (C=O) groups is 1. The summed E-state index contributed by atoms with van der Waals surface area (Å²) in [6, 6.07) is 9.52. The molecule has 0 aliphatic rings. The van der Waals surface area contributed by atoms with Gasteiger partial charge in [-0.1, -0.05) is 44.9 Å². The first-order valence-electron chi connectivity index (χ1n) is 9.06. The quantitative estimate of drug-likeness (QED) is 0.439. The van der Waals surface area contributed by atoms with Crippen LogP contribution < -0.4 is 4.90 Å². The van der Waals surface area contributed by atoms with Gasteiger partial charge in [-0.2, -0.15) is 0 Å². The lowest BCUT2D eigenvalue weighted by molar-refractivity contribution is 0.0986. The van der Waals surface area contributed by atoms with Crippen molar-refractivity contribution in [3.8, 4) is 0 Å². The monoisotopic (exact) mass is 479 g/mol. The van der Waals surface area contributed by atoms with E-state index in [0.717, 1.165) is 33.2 Å². The molecule has 0 atom stereocenters. The van der Waals surface area contributed by atoms with Crippen molar-refractivity contribution in [1.29, 1.82) is 0 Å². The lowest BCUT2D eigenvalue weighted by atomic mass is 10.1. The van der Waals surface area contributed by atoms with Crippen molar-refractivity contribution in [1.82, 2.24) is 9.88 Å². The SMILES string of the molecule is Cc1ccc2sc(N(CCCN(C)C)C(=O)c3cc(Br)ccc3Cl)nc2c1C. The highest BCUT2D eigenvalue weighted by Crippen LogP contribution is 2.33. The minimum Gasteiger partial charge on any atom is -0.309 e. The van der Waals surface area contributed by atoms with Gasteiger partial charge in [0.05, 0.1) is 20.8 Å². The number of anilines is 1. The first kappa shape index (κ1) is 21.2. The number of hydrogen-bond acceptors (Lipinski definition) is 4. The summed E-state index contributed by atoms with van der Waals surface area (Å²) in [4.78, 5) is 22.1. The van der Waals surface area contributed by atoms with E-state index in [1.807, 2.05) is 20.2 Å². The standard InChI is InChI=1S/C21H23BrClN3OS/c1-13-6-9-18-19(14(13)2)24-21(28-18)26(11-5-10-25(3)4)20(27)16-12-15(22)7-8-17(16)23/h6-9,12H,5,10-11H2,1-4H3. The van der Waals surface area contributed by atoms with Gasteiger partial charge in [-0.15, -0.1) is 0 Å². The lowest BCUT2D eigenvalue weighted by Crippen LogP contribution is -2.33. The van der Waals surface area contributed by atoms with Crippen molar-refractivity contribution < 1.29 is 4.79 Å². The highest BCUT2D eigenvalue weighted by atomic mass is 79.9. The van der Waals surface area contributed by atoms with Crippen LogP contribution in [0.3, 0.4) is 0 Å². The van der Waals surface area contributed by atoms with Gasteiger partial charge in [0, 0.05) is 11.0 Å². The van der Waals surface area contributed by atoms with Crippen molar-refractivity contribution in [2.24, 2.45) is 0 Å². The molecule has 0 spiro atoms. The van der Waals surface area contributed by atoms with E-state index in [1.165, 1.54) is 5.56 Å². The second-order valence-electron chi connectivity index (χ2n) is 7.09. The number of aryl methyl sites for hydroxylation is 2. The summed E-state index contributed by atoms with van der Waals surface area (Å²) in [7, 11) is 4.06. The average Bonchev–Trinajstić information content (AvgIpc) is 3.08. The molecule has 0 unspecified atom stereocenters. The molecule has 0 saturated heterocycles. The van der Waals surface area contributed by atoms with E-state index in [-0.39, 0.29) is 5.91 Å². The van der Waals surface area contributed by atoms with Crippen molar-refractivity contribution >= 4 is 60.1 Å². The number of halogens is 2. The molecule has 7 heteroatoms. The number of rotatable bonds is 6. The highest BCUT2D eigenvalue weighted by Gasteiger charge is 2.23. The molecule has 0 saturated carbocycles. The largest absolute Gasteiger partial charge is 0.309 e. The van der Waals surface area contributed by atoms with Gasteiger partial charge in [0.2, 0.25) is 0 Å². The van der Waals surface area contributed by atoms with Crippen LogP contribution in [0.2, 0.25) is 5.02 Å². The van der Waals surface area contributed by atoms with Gasteiger partial charge >= 0.3 is 0 Å². The van der Waals surface area contributed by atoms with Crippen LogP contribution >= 0.6 is 38.9 Å². The third-order valence-corrected chi connectivity index (χ3v) is 6.56. The van der Waals surface area contributed by atoms with Crippen molar-refractivity contribution in [3.05, 3.63) is 56.5 Å². The van der Waals surface area contributed by atoms with Gasteiger partial charge in [-0.3, -0.25) is 9.69 Å². The maximum atomic E-state index is 13.4. The number of hydrogen-bond donors (Lipinski definition) is 0. The second-order valence-corrected chi connectivity index (χ2v) is 9.42.